The fourth-order valence-electron chi connectivity index (χ4n) is 3.46. The first-order valence-electron chi connectivity index (χ1n) is 8.44. The summed E-state index contributed by atoms with van der Waals surface area (Å²) in [6, 6.07) is 17.7. The SMILES string of the molecule is COc1ccccc1CN[C@@H]1CCCN[C@@H]1c1ccccc1C. The zero-order chi connectivity index (χ0) is 16.1. The summed E-state index contributed by atoms with van der Waals surface area (Å²) in [6.07, 6.45) is 2.41. The van der Waals surface area contributed by atoms with E-state index in [9.17, 15) is 0 Å². The number of aryl methyl sites for hydroxylation is 1. The van der Waals surface area contributed by atoms with Gasteiger partial charge in [0.2, 0.25) is 0 Å². The Morgan fingerprint density at radius 3 is 2.74 bits per heavy atom. The standard InChI is InChI=1S/C20H26N2O/c1-15-8-3-5-10-17(15)20-18(11-7-13-21-20)22-14-16-9-4-6-12-19(16)23-2/h3-6,8-10,12,18,20-22H,7,11,13-14H2,1-2H3/t18-,20-/m1/s1. The number of ether oxygens (including phenoxy) is 1. The van der Waals surface area contributed by atoms with E-state index in [1.807, 2.05) is 12.1 Å². The van der Waals surface area contributed by atoms with Gasteiger partial charge in [-0.3, -0.25) is 0 Å². The topological polar surface area (TPSA) is 33.3 Å². The molecule has 0 aliphatic carbocycles. The third-order valence-electron chi connectivity index (χ3n) is 4.73. The normalized spacial score (nSPS) is 21.1. The van der Waals surface area contributed by atoms with Gasteiger partial charge in [-0.15, -0.1) is 0 Å². The van der Waals surface area contributed by atoms with Crippen LogP contribution in [-0.2, 0) is 6.54 Å². The lowest BCUT2D eigenvalue weighted by Gasteiger charge is -2.34. The number of piperidine rings is 1. The quantitative estimate of drug-likeness (QED) is 0.885. The number of para-hydroxylation sites is 1. The maximum absolute atomic E-state index is 5.46. The van der Waals surface area contributed by atoms with Crippen molar-refractivity contribution in [2.24, 2.45) is 0 Å². The molecule has 0 spiro atoms. The molecule has 3 nitrogen and oxygen atoms in total. The molecular weight excluding hydrogens is 284 g/mol. The summed E-state index contributed by atoms with van der Waals surface area (Å²) >= 11 is 0. The molecule has 1 aliphatic heterocycles. The molecule has 0 saturated carbocycles. The van der Waals surface area contributed by atoms with Crippen molar-refractivity contribution in [3.63, 3.8) is 0 Å². The van der Waals surface area contributed by atoms with Crippen molar-refractivity contribution in [1.82, 2.24) is 10.6 Å². The molecule has 3 heteroatoms. The average Bonchev–Trinajstić information content (AvgIpc) is 2.61. The zero-order valence-electron chi connectivity index (χ0n) is 14.0. The summed E-state index contributed by atoms with van der Waals surface area (Å²) in [5, 5.41) is 7.44. The van der Waals surface area contributed by atoms with E-state index in [0.717, 1.165) is 18.8 Å². The molecule has 2 N–H and O–H groups in total. The van der Waals surface area contributed by atoms with Crippen LogP contribution in [0.5, 0.6) is 5.75 Å². The fraction of sp³-hybridized carbons (Fsp3) is 0.400. The van der Waals surface area contributed by atoms with Crippen molar-refractivity contribution in [2.75, 3.05) is 13.7 Å². The van der Waals surface area contributed by atoms with E-state index >= 15 is 0 Å². The van der Waals surface area contributed by atoms with E-state index in [4.69, 9.17) is 4.74 Å². The molecule has 2 atom stereocenters. The predicted octanol–water partition coefficient (Wildman–Crippen LogP) is 3.59. The Morgan fingerprint density at radius 1 is 1.13 bits per heavy atom. The van der Waals surface area contributed by atoms with Crippen molar-refractivity contribution in [2.45, 2.75) is 38.4 Å². The molecule has 122 valence electrons. The summed E-state index contributed by atoms with van der Waals surface area (Å²) in [5.41, 5.74) is 3.98. The van der Waals surface area contributed by atoms with Crippen molar-refractivity contribution in [3.8, 4) is 5.75 Å². The Kier molecular flexibility index (Phi) is 5.31. The van der Waals surface area contributed by atoms with Crippen LogP contribution in [0.15, 0.2) is 48.5 Å². The molecule has 0 amide bonds. The van der Waals surface area contributed by atoms with E-state index < -0.39 is 0 Å². The van der Waals surface area contributed by atoms with E-state index in [1.165, 1.54) is 29.5 Å². The van der Waals surface area contributed by atoms with Crippen LogP contribution in [-0.4, -0.2) is 19.7 Å². The van der Waals surface area contributed by atoms with E-state index in [2.05, 4.69) is 54.0 Å². The Bertz CT molecular complexity index is 641. The Labute approximate surface area is 139 Å². The van der Waals surface area contributed by atoms with Crippen molar-refractivity contribution < 1.29 is 4.74 Å². The minimum atomic E-state index is 0.375. The van der Waals surface area contributed by atoms with Gasteiger partial charge in [-0.2, -0.15) is 0 Å². The van der Waals surface area contributed by atoms with Crippen LogP contribution in [0.3, 0.4) is 0 Å². The summed E-state index contributed by atoms with van der Waals surface area (Å²) < 4.78 is 5.46. The monoisotopic (exact) mass is 310 g/mol. The number of hydrogen-bond acceptors (Lipinski definition) is 3. The maximum Gasteiger partial charge on any atom is 0.123 e. The van der Waals surface area contributed by atoms with Crippen molar-refractivity contribution in [1.29, 1.82) is 0 Å². The zero-order valence-corrected chi connectivity index (χ0v) is 14.0. The summed E-state index contributed by atoms with van der Waals surface area (Å²) in [6.45, 7) is 4.12. The van der Waals surface area contributed by atoms with Gasteiger partial charge in [0.1, 0.15) is 5.75 Å². The number of nitrogens with one attached hydrogen (secondary N) is 2. The molecule has 2 aromatic rings. The third kappa shape index (κ3) is 3.74. The van der Waals surface area contributed by atoms with Crippen LogP contribution >= 0.6 is 0 Å². The molecule has 1 aliphatic rings. The number of rotatable bonds is 5. The lowest BCUT2D eigenvalue weighted by atomic mass is 9.89. The minimum absolute atomic E-state index is 0.375. The van der Waals surface area contributed by atoms with E-state index in [0.29, 0.717) is 12.1 Å². The van der Waals surface area contributed by atoms with Gasteiger partial charge < -0.3 is 15.4 Å². The molecule has 3 rings (SSSR count). The molecule has 2 aromatic carbocycles. The van der Waals surface area contributed by atoms with Gasteiger partial charge >= 0.3 is 0 Å². The summed E-state index contributed by atoms with van der Waals surface area (Å²) in [4.78, 5) is 0. The smallest absolute Gasteiger partial charge is 0.123 e. The molecule has 1 fully saturated rings. The molecule has 1 heterocycles. The van der Waals surface area contributed by atoms with Crippen molar-refractivity contribution in [3.05, 3.63) is 65.2 Å². The van der Waals surface area contributed by atoms with Gasteiger partial charge in [0.05, 0.1) is 7.11 Å². The van der Waals surface area contributed by atoms with Crippen LogP contribution in [0.2, 0.25) is 0 Å². The highest BCUT2D eigenvalue weighted by Gasteiger charge is 2.26. The first-order valence-corrected chi connectivity index (χ1v) is 8.44. The van der Waals surface area contributed by atoms with Gasteiger partial charge in [-0.05, 0) is 43.5 Å². The second-order valence-electron chi connectivity index (χ2n) is 6.23. The number of methoxy groups -OCH3 is 1. The highest BCUT2D eigenvalue weighted by molar-refractivity contribution is 5.34. The predicted molar refractivity (Wildman–Crippen MR) is 94.8 cm³/mol. The average molecular weight is 310 g/mol. The highest BCUT2D eigenvalue weighted by Crippen LogP contribution is 2.27. The second-order valence-corrected chi connectivity index (χ2v) is 6.23. The van der Waals surface area contributed by atoms with Gasteiger partial charge in [0.15, 0.2) is 0 Å². The largest absolute Gasteiger partial charge is 0.496 e. The molecule has 1 saturated heterocycles. The van der Waals surface area contributed by atoms with Gasteiger partial charge in [-0.1, -0.05) is 42.5 Å². The molecule has 0 unspecified atom stereocenters. The second kappa shape index (κ2) is 7.62. The summed E-state index contributed by atoms with van der Waals surface area (Å²) in [7, 11) is 1.73. The molecule has 0 aromatic heterocycles. The first-order chi connectivity index (χ1) is 11.3. The van der Waals surface area contributed by atoms with E-state index in [1.54, 1.807) is 7.11 Å². The minimum Gasteiger partial charge on any atom is -0.496 e. The highest BCUT2D eigenvalue weighted by atomic mass is 16.5. The molecule has 0 radical (unpaired) electrons. The van der Waals surface area contributed by atoms with Crippen LogP contribution in [0.4, 0.5) is 0 Å². The van der Waals surface area contributed by atoms with Crippen molar-refractivity contribution >= 4 is 0 Å². The van der Waals surface area contributed by atoms with Crippen LogP contribution < -0.4 is 15.4 Å². The number of benzene rings is 2. The molecular formula is C20H26N2O. The Hall–Kier alpha value is -1.84. The maximum atomic E-state index is 5.46. The van der Waals surface area contributed by atoms with Crippen LogP contribution in [0.25, 0.3) is 0 Å². The lowest BCUT2D eigenvalue weighted by Crippen LogP contribution is -2.45. The fourth-order valence-corrected chi connectivity index (χ4v) is 3.46. The Balaban J connectivity index is 1.73. The Morgan fingerprint density at radius 2 is 1.91 bits per heavy atom. The molecule has 23 heavy (non-hydrogen) atoms. The first kappa shape index (κ1) is 16.0. The lowest BCUT2D eigenvalue weighted by molar-refractivity contribution is 0.302. The van der Waals surface area contributed by atoms with Gasteiger partial charge in [-0.25, -0.2) is 0 Å². The van der Waals surface area contributed by atoms with E-state index in [-0.39, 0.29) is 0 Å². The van der Waals surface area contributed by atoms with Crippen LogP contribution in [0.1, 0.15) is 35.6 Å². The number of hydrogen-bond donors (Lipinski definition) is 2. The third-order valence-corrected chi connectivity index (χ3v) is 4.73. The molecule has 0 bridgehead atoms. The van der Waals surface area contributed by atoms with Gasteiger partial charge in [0.25, 0.3) is 0 Å². The van der Waals surface area contributed by atoms with Gasteiger partial charge in [0, 0.05) is 24.2 Å². The van der Waals surface area contributed by atoms with Crippen LogP contribution in [0, 0.1) is 6.92 Å². The summed E-state index contributed by atoms with van der Waals surface area (Å²) in [5.74, 6) is 0.955.